The molecule has 2 aliphatic heterocycles. The van der Waals surface area contributed by atoms with Gasteiger partial charge in [-0.1, -0.05) is 0 Å². The highest BCUT2D eigenvalue weighted by Gasteiger charge is 2.61. The minimum absolute atomic E-state index is 0.143. The van der Waals surface area contributed by atoms with Crippen LogP contribution < -0.4 is 16.0 Å². The number of hydrogen-bond acceptors (Lipinski definition) is 3. The van der Waals surface area contributed by atoms with Crippen LogP contribution in [0, 0.1) is 5.41 Å². The van der Waals surface area contributed by atoms with Crippen LogP contribution >= 0.6 is 0 Å². The van der Waals surface area contributed by atoms with E-state index in [2.05, 4.69) is 16.0 Å². The van der Waals surface area contributed by atoms with Gasteiger partial charge in [-0.25, -0.2) is 0 Å². The average Bonchev–Trinajstić information content (AvgIpc) is 2.79. The number of hydrogen-bond donors (Lipinski definition) is 3. The molecule has 0 radical (unpaired) electrons. The second-order valence-electron chi connectivity index (χ2n) is 5.32. The maximum atomic E-state index is 13.2. The van der Waals surface area contributed by atoms with Crippen LogP contribution in [0.5, 0.6) is 0 Å². The van der Waals surface area contributed by atoms with Crippen LogP contribution in [0.25, 0.3) is 0 Å². The minimum atomic E-state index is -4.62. The van der Waals surface area contributed by atoms with E-state index in [-0.39, 0.29) is 13.0 Å². The first kappa shape index (κ1) is 15.1. The van der Waals surface area contributed by atoms with Gasteiger partial charge in [-0.05, 0) is 32.2 Å². The molecule has 0 bridgehead atoms. The molecule has 0 spiro atoms. The van der Waals surface area contributed by atoms with Crippen molar-refractivity contribution >= 4 is 11.8 Å². The SMILES string of the molecule is O=C1NCCCCC1NC(=O)C1(C(F)(F)F)CCNC1. The van der Waals surface area contributed by atoms with Gasteiger partial charge in [0.1, 0.15) is 6.04 Å². The molecule has 2 heterocycles. The molecular weight excluding hydrogens is 275 g/mol. The van der Waals surface area contributed by atoms with Crippen LogP contribution in [0.4, 0.5) is 13.2 Å². The minimum Gasteiger partial charge on any atom is -0.354 e. The number of amides is 2. The van der Waals surface area contributed by atoms with Gasteiger partial charge in [-0.15, -0.1) is 0 Å². The summed E-state index contributed by atoms with van der Waals surface area (Å²) in [5.41, 5.74) is -2.42. The molecule has 2 atom stereocenters. The number of carbonyl (C=O) groups is 2. The molecule has 0 aromatic heterocycles. The molecule has 114 valence electrons. The second-order valence-corrected chi connectivity index (χ2v) is 5.32. The summed E-state index contributed by atoms with van der Waals surface area (Å²) in [6, 6.07) is -0.871. The predicted octanol–water partition coefficient (Wildman–Crippen LogP) is 0.313. The molecule has 0 aromatic rings. The van der Waals surface area contributed by atoms with E-state index < -0.39 is 36.0 Å². The summed E-state index contributed by atoms with van der Waals surface area (Å²) >= 11 is 0. The fourth-order valence-corrected chi connectivity index (χ4v) is 2.63. The first-order valence-corrected chi connectivity index (χ1v) is 6.73. The Morgan fingerprint density at radius 2 is 2.05 bits per heavy atom. The van der Waals surface area contributed by atoms with E-state index in [1.54, 1.807) is 0 Å². The number of carbonyl (C=O) groups excluding carboxylic acids is 2. The third kappa shape index (κ3) is 2.74. The Morgan fingerprint density at radius 1 is 1.30 bits per heavy atom. The molecule has 2 aliphatic rings. The van der Waals surface area contributed by atoms with Crippen molar-refractivity contribution in [3.8, 4) is 0 Å². The van der Waals surface area contributed by atoms with Gasteiger partial charge in [0.2, 0.25) is 11.8 Å². The zero-order chi connectivity index (χ0) is 14.8. The van der Waals surface area contributed by atoms with Crippen molar-refractivity contribution in [3.63, 3.8) is 0 Å². The molecule has 2 saturated heterocycles. The number of alkyl halides is 3. The molecule has 5 nitrogen and oxygen atoms in total. The van der Waals surface area contributed by atoms with Gasteiger partial charge in [0.15, 0.2) is 5.41 Å². The van der Waals surface area contributed by atoms with E-state index in [0.717, 1.165) is 6.42 Å². The zero-order valence-corrected chi connectivity index (χ0v) is 11.0. The monoisotopic (exact) mass is 293 g/mol. The summed E-state index contributed by atoms with van der Waals surface area (Å²) in [5, 5.41) is 7.46. The fraction of sp³-hybridized carbons (Fsp3) is 0.833. The van der Waals surface area contributed by atoms with Gasteiger partial charge in [0.25, 0.3) is 0 Å². The largest absolute Gasteiger partial charge is 0.404 e. The molecule has 3 N–H and O–H groups in total. The summed E-state index contributed by atoms with van der Waals surface area (Å²) in [4.78, 5) is 23.8. The lowest BCUT2D eigenvalue weighted by Gasteiger charge is -2.31. The molecule has 0 aromatic carbocycles. The van der Waals surface area contributed by atoms with Crippen molar-refractivity contribution in [2.75, 3.05) is 19.6 Å². The smallest absolute Gasteiger partial charge is 0.354 e. The normalized spacial score (nSPS) is 31.6. The standard InChI is InChI=1S/C12H18F3N3O2/c13-12(14,15)11(4-6-16-7-11)10(20)18-8-3-1-2-5-17-9(8)19/h8,16H,1-7H2,(H,17,19)(H,18,20). The van der Waals surface area contributed by atoms with Crippen molar-refractivity contribution in [3.05, 3.63) is 0 Å². The lowest BCUT2D eigenvalue weighted by atomic mass is 9.84. The maximum absolute atomic E-state index is 13.2. The highest BCUT2D eigenvalue weighted by Crippen LogP contribution is 2.43. The summed E-state index contributed by atoms with van der Waals surface area (Å²) in [6.45, 7) is 0.206. The number of rotatable bonds is 2. The van der Waals surface area contributed by atoms with Gasteiger partial charge in [-0.2, -0.15) is 13.2 Å². The van der Waals surface area contributed by atoms with Gasteiger partial charge < -0.3 is 16.0 Å². The van der Waals surface area contributed by atoms with Crippen molar-refractivity contribution in [2.24, 2.45) is 5.41 Å². The molecule has 20 heavy (non-hydrogen) atoms. The number of halogens is 3. The van der Waals surface area contributed by atoms with Gasteiger partial charge in [0.05, 0.1) is 0 Å². The van der Waals surface area contributed by atoms with Crippen LogP contribution in [0.3, 0.4) is 0 Å². The molecular formula is C12H18F3N3O2. The lowest BCUT2D eigenvalue weighted by Crippen LogP contribution is -2.56. The zero-order valence-electron chi connectivity index (χ0n) is 11.0. The molecule has 8 heteroatoms. The lowest BCUT2D eigenvalue weighted by molar-refractivity contribution is -0.216. The Hall–Kier alpha value is -1.31. The quantitative estimate of drug-likeness (QED) is 0.686. The molecule has 2 amide bonds. The van der Waals surface area contributed by atoms with Crippen LogP contribution in [-0.2, 0) is 9.59 Å². The Bertz CT molecular complexity index is 392. The molecule has 2 unspecified atom stereocenters. The summed E-state index contributed by atoms with van der Waals surface area (Å²) in [5.74, 6) is -1.50. The topological polar surface area (TPSA) is 70.2 Å². The summed E-state index contributed by atoms with van der Waals surface area (Å²) in [6.07, 6.45) is -3.08. The van der Waals surface area contributed by atoms with Gasteiger partial charge in [-0.3, -0.25) is 9.59 Å². The van der Waals surface area contributed by atoms with E-state index in [9.17, 15) is 22.8 Å². The van der Waals surface area contributed by atoms with Gasteiger partial charge >= 0.3 is 6.18 Å². The van der Waals surface area contributed by atoms with Gasteiger partial charge in [0, 0.05) is 13.1 Å². The van der Waals surface area contributed by atoms with E-state index in [0.29, 0.717) is 19.4 Å². The van der Waals surface area contributed by atoms with E-state index in [1.165, 1.54) is 0 Å². The van der Waals surface area contributed by atoms with E-state index >= 15 is 0 Å². The van der Waals surface area contributed by atoms with Crippen LogP contribution in [0.2, 0.25) is 0 Å². The third-order valence-electron chi connectivity index (χ3n) is 3.97. The Labute approximate surface area is 114 Å². The molecule has 2 rings (SSSR count). The van der Waals surface area contributed by atoms with E-state index in [4.69, 9.17) is 0 Å². The van der Waals surface area contributed by atoms with Crippen molar-refractivity contribution in [1.29, 1.82) is 0 Å². The molecule has 0 aliphatic carbocycles. The first-order valence-electron chi connectivity index (χ1n) is 6.73. The van der Waals surface area contributed by atoms with E-state index in [1.807, 2.05) is 0 Å². The van der Waals surface area contributed by atoms with Crippen molar-refractivity contribution < 1.29 is 22.8 Å². The number of nitrogens with one attached hydrogen (secondary N) is 3. The molecule has 2 fully saturated rings. The second kappa shape index (κ2) is 5.59. The summed E-state index contributed by atoms with van der Waals surface area (Å²) in [7, 11) is 0. The highest BCUT2D eigenvalue weighted by atomic mass is 19.4. The van der Waals surface area contributed by atoms with Crippen LogP contribution in [0.15, 0.2) is 0 Å². The average molecular weight is 293 g/mol. The first-order chi connectivity index (χ1) is 9.37. The Kier molecular flexibility index (Phi) is 4.22. The maximum Gasteiger partial charge on any atom is 0.404 e. The molecule has 0 saturated carbocycles. The fourth-order valence-electron chi connectivity index (χ4n) is 2.63. The third-order valence-corrected chi connectivity index (χ3v) is 3.97. The Balaban J connectivity index is 2.11. The Morgan fingerprint density at radius 3 is 2.65 bits per heavy atom. The van der Waals surface area contributed by atoms with Crippen molar-refractivity contribution in [2.45, 2.75) is 37.9 Å². The van der Waals surface area contributed by atoms with Crippen molar-refractivity contribution in [1.82, 2.24) is 16.0 Å². The van der Waals surface area contributed by atoms with Crippen LogP contribution in [0.1, 0.15) is 25.7 Å². The highest BCUT2D eigenvalue weighted by molar-refractivity contribution is 5.91. The summed E-state index contributed by atoms with van der Waals surface area (Å²) < 4.78 is 39.6. The van der Waals surface area contributed by atoms with Crippen LogP contribution in [-0.4, -0.2) is 43.7 Å². The predicted molar refractivity (Wildman–Crippen MR) is 64.8 cm³/mol.